The zero-order valence-corrected chi connectivity index (χ0v) is 21.2. The van der Waals surface area contributed by atoms with Gasteiger partial charge in [-0.05, 0) is 42.7 Å². The van der Waals surface area contributed by atoms with Crippen LogP contribution in [-0.2, 0) is 18.9 Å². The molecule has 194 valence electrons. The lowest BCUT2D eigenvalue weighted by Crippen LogP contribution is -2.45. The van der Waals surface area contributed by atoms with Crippen LogP contribution in [0.15, 0.2) is 24.4 Å². The predicted octanol–water partition coefficient (Wildman–Crippen LogP) is 3.00. The van der Waals surface area contributed by atoms with E-state index in [4.69, 9.17) is 17.2 Å². The fraction of sp³-hybridized carbons (Fsp3) is 0.440. The molecule has 1 aliphatic carbocycles. The van der Waals surface area contributed by atoms with E-state index >= 15 is 0 Å². The number of thiazole rings is 1. The summed E-state index contributed by atoms with van der Waals surface area (Å²) in [7, 11) is 0. The highest BCUT2D eigenvalue weighted by molar-refractivity contribution is 7.15. The number of nitrogens with zero attached hydrogens (tertiary/aromatic N) is 5. The van der Waals surface area contributed by atoms with E-state index < -0.39 is 18.4 Å². The minimum absolute atomic E-state index is 0.00205. The molecule has 3 aliphatic rings. The number of anilines is 3. The first kappa shape index (κ1) is 24.0. The molecule has 1 fully saturated rings. The first-order chi connectivity index (χ1) is 17.6. The van der Waals surface area contributed by atoms with E-state index in [1.54, 1.807) is 0 Å². The van der Waals surface area contributed by atoms with Crippen molar-refractivity contribution in [1.29, 1.82) is 0 Å². The van der Waals surface area contributed by atoms with Crippen molar-refractivity contribution in [3.05, 3.63) is 57.4 Å². The zero-order chi connectivity index (χ0) is 26.1. The number of hydrogen-bond acceptors (Lipinski definition) is 9. The maximum atomic E-state index is 14.6. The molecular formula is C25H28F2N8OS. The molecule has 9 nitrogen and oxygen atoms in total. The molecule has 0 bridgehead atoms. The molecule has 1 atom stereocenters. The molecule has 12 heteroatoms. The first-order valence-electron chi connectivity index (χ1n) is 12.2. The average Bonchev–Trinajstić information content (AvgIpc) is 3.36. The number of alkyl halides is 2. The van der Waals surface area contributed by atoms with Crippen molar-refractivity contribution in [3.63, 3.8) is 0 Å². The Morgan fingerprint density at radius 3 is 2.68 bits per heavy atom. The summed E-state index contributed by atoms with van der Waals surface area (Å²) in [6, 6.07) is 6.53. The highest BCUT2D eigenvalue weighted by atomic mass is 32.1. The van der Waals surface area contributed by atoms with Crippen LogP contribution < -0.4 is 22.1 Å². The Morgan fingerprint density at radius 2 is 1.95 bits per heavy atom. The number of carbonyl (C=O) groups is 1. The van der Waals surface area contributed by atoms with Crippen molar-refractivity contribution in [2.45, 2.75) is 44.7 Å². The van der Waals surface area contributed by atoms with Crippen molar-refractivity contribution >= 4 is 34.0 Å². The number of carbonyl (C=O) groups excluding carboxylic acids is 1. The Morgan fingerprint density at radius 1 is 1.19 bits per heavy atom. The Labute approximate surface area is 216 Å². The molecule has 0 unspecified atom stereocenters. The number of aryl methyl sites for hydroxylation is 1. The van der Waals surface area contributed by atoms with Gasteiger partial charge in [0.05, 0.1) is 24.2 Å². The van der Waals surface area contributed by atoms with Crippen LogP contribution in [0.25, 0.3) is 0 Å². The fourth-order valence-electron chi connectivity index (χ4n) is 5.96. The number of piperidine rings is 1. The molecule has 3 aromatic rings. The molecule has 6 rings (SSSR count). The van der Waals surface area contributed by atoms with E-state index in [2.05, 4.69) is 45.0 Å². The van der Waals surface area contributed by atoms with Crippen molar-refractivity contribution in [2.24, 2.45) is 11.1 Å². The molecule has 0 saturated carbocycles. The molecule has 1 aromatic carbocycles. The minimum Gasteiger partial charge on any atom is -0.382 e. The largest absolute Gasteiger partial charge is 0.382 e. The topological polar surface area (TPSA) is 140 Å². The van der Waals surface area contributed by atoms with Gasteiger partial charge in [0.2, 0.25) is 0 Å². The van der Waals surface area contributed by atoms with Gasteiger partial charge in [-0.3, -0.25) is 4.79 Å². The van der Waals surface area contributed by atoms with Gasteiger partial charge in [0.1, 0.15) is 11.5 Å². The standard InChI is InChI=1S/C25H28F2N8OS/c1-13-2-3-14-9-24(19(28)15(14)8-13)4-6-34(7-5-24)17-10-31-18(21(29)32-17)22(36)35-11-16-20(25(26,27)12-35)33-23(30)37-16/h2-3,8,10,19H,4-7,9,11-12,28H2,1H3,(H2,29,32)(H2,30,33)/t19-/m1/s1. The van der Waals surface area contributed by atoms with Crippen LogP contribution in [0.3, 0.4) is 0 Å². The molecule has 1 spiro atoms. The lowest BCUT2D eigenvalue weighted by molar-refractivity contribution is -0.0478. The average molecular weight is 527 g/mol. The van der Waals surface area contributed by atoms with Crippen molar-refractivity contribution in [2.75, 3.05) is 36.0 Å². The van der Waals surface area contributed by atoms with E-state index in [0.29, 0.717) is 5.82 Å². The number of fused-ring (bicyclic) bond motifs is 2. The van der Waals surface area contributed by atoms with Gasteiger partial charge in [-0.25, -0.2) is 15.0 Å². The third-order valence-electron chi connectivity index (χ3n) is 7.98. The molecule has 6 N–H and O–H groups in total. The second kappa shape index (κ2) is 8.32. The number of amides is 1. The summed E-state index contributed by atoms with van der Waals surface area (Å²) < 4.78 is 29.2. The second-order valence-electron chi connectivity index (χ2n) is 10.4. The lowest BCUT2D eigenvalue weighted by Gasteiger charge is -2.42. The highest BCUT2D eigenvalue weighted by Gasteiger charge is 2.47. The number of halogens is 2. The fourth-order valence-corrected chi connectivity index (χ4v) is 6.87. The van der Waals surface area contributed by atoms with Crippen LogP contribution >= 0.6 is 11.3 Å². The molecule has 2 aromatic heterocycles. The van der Waals surface area contributed by atoms with Crippen LogP contribution in [0.1, 0.15) is 56.6 Å². The predicted molar refractivity (Wildman–Crippen MR) is 137 cm³/mol. The van der Waals surface area contributed by atoms with Gasteiger partial charge in [-0.1, -0.05) is 35.1 Å². The molecule has 1 saturated heterocycles. The molecule has 37 heavy (non-hydrogen) atoms. The van der Waals surface area contributed by atoms with Crippen LogP contribution in [0, 0.1) is 12.3 Å². The van der Waals surface area contributed by atoms with Crippen molar-refractivity contribution < 1.29 is 13.6 Å². The smallest absolute Gasteiger partial charge is 0.308 e. The number of nitrogens with two attached hydrogens (primary N) is 3. The SMILES string of the molecule is Cc1ccc2c(c1)[C@@H](N)C1(CCN(c3cnc(C(=O)N4Cc5sc(N)nc5C(F)(F)C4)c(N)n3)CC1)C2. The Bertz CT molecular complexity index is 1400. The normalized spacial score (nSPS) is 21.7. The number of aromatic nitrogens is 3. The van der Waals surface area contributed by atoms with Crippen LogP contribution in [0.5, 0.6) is 0 Å². The van der Waals surface area contributed by atoms with Gasteiger partial charge in [0.15, 0.2) is 16.6 Å². The van der Waals surface area contributed by atoms with Gasteiger partial charge < -0.3 is 27.0 Å². The Kier molecular flexibility index (Phi) is 5.39. The maximum Gasteiger partial charge on any atom is 0.308 e. The molecule has 4 heterocycles. The number of hydrogen-bond donors (Lipinski definition) is 3. The lowest BCUT2D eigenvalue weighted by atomic mass is 9.73. The van der Waals surface area contributed by atoms with E-state index in [1.807, 2.05) is 0 Å². The van der Waals surface area contributed by atoms with E-state index in [-0.39, 0.29) is 45.2 Å². The zero-order valence-electron chi connectivity index (χ0n) is 20.4. The summed E-state index contributed by atoms with van der Waals surface area (Å²) in [6.45, 7) is 2.70. The van der Waals surface area contributed by atoms with Crippen LogP contribution in [0.4, 0.5) is 25.5 Å². The minimum atomic E-state index is -3.30. The quantitative estimate of drug-likeness (QED) is 0.463. The van der Waals surface area contributed by atoms with E-state index in [1.165, 1.54) is 22.9 Å². The Hall–Kier alpha value is -3.38. The van der Waals surface area contributed by atoms with Gasteiger partial charge >= 0.3 is 5.92 Å². The summed E-state index contributed by atoms with van der Waals surface area (Å²) >= 11 is 0.949. The van der Waals surface area contributed by atoms with Gasteiger partial charge in [-0.15, -0.1) is 0 Å². The monoisotopic (exact) mass is 526 g/mol. The summed E-state index contributed by atoms with van der Waals surface area (Å²) in [4.78, 5) is 28.9. The van der Waals surface area contributed by atoms with E-state index in [0.717, 1.165) is 48.6 Å². The second-order valence-corrected chi connectivity index (χ2v) is 11.5. The Balaban J connectivity index is 1.16. The molecular weight excluding hydrogens is 498 g/mol. The first-order valence-corrected chi connectivity index (χ1v) is 13.0. The van der Waals surface area contributed by atoms with Crippen LogP contribution in [-0.4, -0.2) is 45.4 Å². The third kappa shape index (κ3) is 3.89. The van der Waals surface area contributed by atoms with Gasteiger partial charge in [0.25, 0.3) is 5.91 Å². The summed E-state index contributed by atoms with van der Waals surface area (Å²) in [5.41, 5.74) is 21.8. The molecule has 0 radical (unpaired) electrons. The summed E-state index contributed by atoms with van der Waals surface area (Å²) in [5, 5.41) is 0.0449. The van der Waals surface area contributed by atoms with Crippen molar-refractivity contribution in [1.82, 2.24) is 19.9 Å². The van der Waals surface area contributed by atoms with Gasteiger partial charge in [0, 0.05) is 19.1 Å². The highest BCUT2D eigenvalue weighted by Crippen LogP contribution is 2.51. The summed E-state index contributed by atoms with van der Waals surface area (Å²) in [5.74, 6) is -3.52. The maximum absolute atomic E-state index is 14.6. The molecule has 1 amide bonds. The van der Waals surface area contributed by atoms with Crippen LogP contribution in [0.2, 0.25) is 0 Å². The molecule has 2 aliphatic heterocycles. The number of benzene rings is 1. The number of rotatable bonds is 2. The summed E-state index contributed by atoms with van der Waals surface area (Å²) in [6.07, 6.45) is 4.25. The number of nitrogen functional groups attached to an aromatic ring is 2. The van der Waals surface area contributed by atoms with Crippen molar-refractivity contribution in [3.8, 4) is 0 Å². The third-order valence-corrected chi connectivity index (χ3v) is 8.85. The van der Waals surface area contributed by atoms with E-state index in [9.17, 15) is 13.6 Å². The van der Waals surface area contributed by atoms with Gasteiger partial charge in [-0.2, -0.15) is 8.78 Å².